The molecule has 0 rings (SSSR count). The van der Waals surface area contributed by atoms with E-state index in [9.17, 15) is 14.4 Å². The van der Waals surface area contributed by atoms with Crippen molar-refractivity contribution in [2.24, 2.45) is 0 Å². The first-order valence-electron chi connectivity index (χ1n) is 25.4. The van der Waals surface area contributed by atoms with Crippen molar-refractivity contribution >= 4 is 17.9 Å². The molecule has 0 saturated carbocycles. The van der Waals surface area contributed by atoms with Crippen molar-refractivity contribution in [1.29, 1.82) is 0 Å². The maximum Gasteiger partial charge on any atom is 0.306 e. The smallest absolute Gasteiger partial charge is 0.306 e. The van der Waals surface area contributed by atoms with Crippen molar-refractivity contribution < 1.29 is 28.6 Å². The molecule has 0 unspecified atom stereocenters. The van der Waals surface area contributed by atoms with Crippen molar-refractivity contribution in [3.63, 3.8) is 0 Å². The molecule has 0 bridgehead atoms. The normalized spacial score (nSPS) is 13.0. The van der Waals surface area contributed by atoms with Crippen LogP contribution in [0.5, 0.6) is 0 Å². The van der Waals surface area contributed by atoms with Crippen LogP contribution >= 0.6 is 0 Å². The molecule has 0 N–H and O–H groups in total. The Bertz CT molecular complexity index is 1330. The van der Waals surface area contributed by atoms with Crippen LogP contribution in [-0.4, -0.2) is 37.2 Å². The highest BCUT2D eigenvalue weighted by atomic mass is 16.6. The van der Waals surface area contributed by atoms with Gasteiger partial charge in [-0.05, 0) is 122 Å². The van der Waals surface area contributed by atoms with Crippen molar-refractivity contribution in [3.05, 3.63) is 109 Å². The van der Waals surface area contributed by atoms with Gasteiger partial charge in [-0.15, -0.1) is 0 Å². The Morgan fingerprint density at radius 2 is 0.619 bits per heavy atom. The monoisotopic (exact) mass is 873 g/mol. The maximum atomic E-state index is 12.8. The van der Waals surface area contributed by atoms with Crippen molar-refractivity contribution in [1.82, 2.24) is 0 Å². The van der Waals surface area contributed by atoms with E-state index in [1.165, 1.54) is 51.4 Å². The van der Waals surface area contributed by atoms with E-state index in [1.54, 1.807) is 0 Å². The van der Waals surface area contributed by atoms with E-state index in [2.05, 4.69) is 130 Å². The molecular formula is C57H92O6. The van der Waals surface area contributed by atoms with E-state index < -0.39 is 6.10 Å². The van der Waals surface area contributed by atoms with Gasteiger partial charge in [-0.2, -0.15) is 0 Å². The average molecular weight is 873 g/mol. The lowest BCUT2D eigenvalue weighted by molar-refractivity contribution is -0.167. The van der Waals surface area contributed by atoms with Gasteiger partial charge in [0.15, 0.2) is 6.10 Å². The summed E-state index contributed by atoms with van der Waals surface area (Å²) in [5.74, 6) is -1.01. The second-order valence-corrected chi connectivity index (χ2v) is 16.3. The molecule has 0 aromatic heterocycles. The molecule has 0 amide bonds. The Morgan fingerprint density at radius 1 is 0.333 bits per heavy atom. The van der Waals surface area contributed by atoms with Crippen LogP contribution in [0.4, 0.5) is 0 Å². The summed E-state index contributed by atoms with van der Waals surface area (Å²) in [4.78, 5) is 37.9. The highest BCUT2D eigenvalue weighted by Gasteiger charge is 2.19. The highest BCUT2D eigenvalue weighted by molar-refractivity contribution is 5.71. The molecule has 356 valence electrons. The van der Waals surface area contributed by atoms with E-state index in [0.29, 0.717) is 25.7 Å². The molecule has 6 heteroatoms. The van der Waals surface area contributed by atoms with E-state index in [4.69, 9.17) is 14.2 Å². The van der Waals surface area contributed by atoms with Crippen LogP contribution in [0.15, 0.2) is 109 Å². The number of unbranched alkanes of at least 4 members (excludes halogenated alkanes) is 15. The van der Waals surface area contributed by atoms with Crippen LogP contribution in [0.25, 0.3) is 0 Å². The first kappa shape index (κ1) is 59.1. The average Bonchev–Trinajstić information content (AvgIpc) is 3.28. The summed E-state index contributed by atoms with van der Waals surface area (Å²) in [5, 5.41) is 0. The SMILES string of the molecule is CC/C=C\C/C=C\C/C=C\C/C=C\CCCCC(=O)OC[C@H](COC(=O)CCCCCCC/C=C\CCCCCCCC)OC(=O)CCCC/C=C\C/C=C\C/C=C\C/C=C\CC. The fraction of sp³-hybridized carbons (Fsp3) is 0.632. The molecule has 63 heavy (non-hydrogen) atoms. The largest absolute Gasteiger partial charge is 0.462 e. The van der Waals surface area contributed by atoms with Gasteiger partial charge < -0.3 is 14.2 Å². The molecule has 6 nitrogen and oxygen atoms in total. The number of esters is 3. The molecular weight excluding hydrogens is 781 g/mol. The lowest BCUT2D eigenvalue weighted by Gasteiger charge is -2.18. The third-order valence-electron chi connectivity index (χ3n) is 10.2. The minimum atomic E-state index is -0.821. The molecule has 0 aliphatic heterocycles. The van der Waals surface area contributed by atoms with Gasteiger partial charge in [0.25, 0.3) is 0 Å². The summed E-state index contributed by atoms with van der Waals surface area (Å²) < 4.78 is 16.7. The van der Waals surface area contributed by atoms with Gasteiger partial charge in [0.2, 0.25) is 0 Å². The number of carbonyl (C=O) groups excluding carboxylic acids is 3. The van der Waals surface area contributed by atoms with E-state index in [-0.39, 0.29) is 37.5 Å². The Morgan fingerprint density at radius 3 is 1.02 bits per heavy atom. The minimum Gasteiger partial charge on any atom is -0.462 e. The molecule has 1 atom stereocenters. The topological polar surface area (TPSA) is 78.9 Å². The Hall–Kier alpha value is -3.93. The maximum absolute atomic E-state index is 12.8. The molecule has 0 saturated heterocycles. The van der Waals surface area contributed by atoms with Crippen LogP contribution < -0.4 is 0 Å². The standard InChI is InChI=1S/C57H92O6/c1-4-7-10-13-16-19-22-25-28-31-34-37-40-43-46-49-55(58)61-52-54(63-57(60)51-48-45-42-39-36-33-30-27-24-21-18-15-12-9-6-3)53-62-56(59)50-47-44-41-38-35-32-29-26-23-20-17-14-11-8-5-2/h7,9-10,12,16,18-19,21,25-30,34,36-37,39,54H,4-6,8,11,13-15,17,20,22-24,31-33,35,38,40-53H2,1-3H3/b10-7-,12-9-,19-16-,21-18-,28-25-,29-26-,30-27-,37-34-,39-36-/t54-/m1/s1. The lowest BCUT2D eigenvalue weighted by Crippen LogP contribution is -2.30. The summed E-state index contributed by atoms with van der Waals surface area (Å²) in [7, 11) is 0. The van der Waals surface area contributed by atoms with Crippen molar-refractivity contribution in [3.8, 4) is 0 Å². The first-order chi connectivity index (χ1) is 31.0. The van der Waals surface area contributed by atoms with Crippen molar-refractivity contribution in [2.75, 3.05) is 13.2 Å². The van der Waals surface area contributed by atoms with Gasteiger partial charge in [0, 0.05) is 19.3 Å². The highest BCUT2D eigenvalue weighted by Crippen LogP contribution is 2.12. The first-order valence-corrected chi connectivity index (χ1v) is 25.4. The van der Waals surface area contributed by atoms with Gasteiger partial charge in [-0.3, -0.25) is 14.4 Å². The zero-order valence-corrected chi connectivity index (χ0v) is 40.5. The summed E-state index contributed by atoms with van der Waals surface area (Å²) in [6.07, 6.45) is 67.9. The summed E-state index contributed by atoms with van der Waals surface area (Å²) in [6, 6.07) is 0. The lowest BCUT2D eigenvalue weighted by atomic mass is 10.1. The van der Waals surface area contributed by atoms with Gasteiger partial charge in [0.1, 0.15) is 13.2 Å². The van der Waals surface area contributed by atoms with Crippen LogP contribution in [0.2, 0.25) is 0 Å². The number of ether oxygens (including phenoxy) is 3. The Kier molecular flexibility index (Phi) is 47.5. The van der Waals surface area contributed by atoms with E-state index in [1.807, 2.05) is 0 Å². The minimum absolute atomic E-state index is 0.114. The van der Waals surface area contributed by atoms with Gasteiger partial charge in [0.05, 0.1) is 0 Å². The second kappa shape index (κ2) is 50.7. The van der Waals surface area contributed by atoms with E-state index >= 15 is 0 Å². The molecule has 0 aromatic rings. The van der Waals surface area contributed by atoms with Crippen molar-refractivity contribution in [2.45, 2.75) is 219 Å². The molecule has 0 fully saturated rings. The number of rotatable bonds is 44. The zero-order valence-electron chi connectivity index (χ0n) is 40.5. The van der Waals surface area contributed by atoms with Gasteiger partial charge in [-0.25, -0.2) is 0 Å². The van der Waals surface area contributed by atoms with Gasteiger partial charge in [-0.1, -0.05) is 182 Å². The Labute approximate surface area is 387 Å². The molecule has 0 radical (unpaired) electrons. The van der Waals surface area contributed by atoms with E-state index in [0.717, 1.165) is 109 Å². The predicted molar refractivity (Wildman–Crippen MR) is 270 cm³/mol. The molecule has 0 aromatic carbocycles. The number of allylic oxidation sites excluding steroid dienone is 18. The third kappa shape index (κ3) is 49.0. The molecule has 0 spiro atoms. The summed E-state index contributed by atoms with van der Waals surface area (Å²) >= 11 is 0. The number of carbonyl (C=O) groups is 3. The summed E-state index contributed by atoms with van der Waals surface area (Å²) in [5.41, 5.74) is 0. The number of hydrogen-bond donors (Lipinski definition) is 0. The zero-order chi connectivity index (χ0) is 45.8. The molecule has 0 heterocycles. The quantitative estimate of drug-likeness (QED) is 0.0263. The molecule has 0 aliphatic rings. The fourth-order valence-corrected chi connectivity index (χ4v) is 6.48. The van der Waals surface area contributed by atoms with Crippen LogP contribution in [0.3, 0.4) is 0 Å². The van der Waals surface area contributed by atoms with Crippen LogP contribution in [0, 0.1) is 0 Å². The Balaban J connectivity index is 4.55. The second-order valence-electron chi connectivity index (χ2n) is 16.3. The van der Waals surface area contributed by atoms with Gasteiger partial charge >= 0.3 is 17.9 Å². The van der Waals surface area contributed by atoms with Crippen LogP contribution in [-0.2, 0) is 28.6 Å². The number of hydrogen-bond acceptors (Lipinski definition) is 6. The third-order valence-corrected chi connectivity index (χ3v) is 10.2. The molecule has 0 aliphatic carbocycles. The fourth-order valence-electron chi connectivity index (χ4n) is 6.48. The predicted octanol–water partition coefficient (Wildman–Crippen LogP) is 16.8. The van der Waals surface area contributed by atoms with Crippen LogP contribution in [0.1, 0.15) is 213 Å². The summed E-state index contributed by atoms with van der Waals surface area (Å²) in [6.45, 7) is 6.31.